The van der Waals surface area contributed by atoms with Crippen molar-refractivity contribution >= 4 is 42.5 Å². The van der Waals surface area contributed by atoms with Gasteiger partial charge in [-0.2, -0.15) is 0 Å². The molecule has 0 aliphatic rings. The fraction of sp³-hybridized carbons (Fsp3) is 0. The Balaban J connectivity index is 1.18. The second-order valence-electron chi connectivity index (χ2n) is 9.96. The SMILES string of the molecule is c1ccc(-c2nc(-c3ccccc3)nc(-c3ccc(-c4ccc5nc6c(cc5c4)sc4ccccc46)cc3)n2)cc1. The normalized spacial score (nSPS) is 11.4. The minimum atomic E-state index is 0.652. The van der Waals surface area contributed by atoms with Crippen LogP contribution in [-0.4, -0.2) is 19.9 Å². The third-order valence-electron chi connectivity index (χ3n) is 7.32. The summed E-state index contributed by atoms with van der Waals surface area (Å²) < 4.78 is 2.48. The van der Waals surface area contributed by atoms with E-state index in [1.165, 1.54) is 14.8 Å². The van der Waals surface area contributed by atoms with Crippen LogP contribution in [0.3, 0.4) is 0 Å². The first kappa shape index (κ1) is 23.6. The first-order chi connectivity index (χ1) is 20.3. The smallest absolute Gasteiger partial charge is 0.164 e. The Kier molecular flexibility index (Phi) is 5.61. The molecular weight excluding hydrogens is 520 g/mol. The zero-order chi connectivity index (χ0) is 27.2. The number of rotatable bonds is 4. The number of aromatic nitrogens is 4. The molecule has 4 nitrogen and oxygen atoms in total. The first-order valence-corrected chi connectivity index (χ1v) is 14.3. The van der Waals surface area contributed by atoms with E-state index in [1.807, 2.05) is 60.7 Å². The number of pyridine rings is 1. The second kappa shape index (κ2) is 9.73. The monoisotopic (exact) mass is 542 g/mol. The third-order valence-corrected chi connectivity index (χ3v) is 8.42. The molecule has 192 valence electrons. The predicted molar refractivity (Wildman–Crippen MR) is 170 cm³/mol. The van der Waals surface area contributed by atoms with Crippen molar-refractivity contribution in [1.82, 2.24) is 19.9 Å². The number of nitrogens with zero attached hydrogens (tertiary/aromatic N) is 4. The highest BCUT2D eigenvalue weighted by Crippen LogP contribution is 2.35. The van der Waals surface area contributed by atoms with Crippen LogP contribution in [0.5, 0.6) is 0 Å². The van der Waals surface area contributed by atoms with Crippen molar-refractivity contribution in [3.8, 4) is 45.3 Å². The van der Waals surface area contributed by atoms with Crippen molar-refractivity contribution < 1.29 is 0 Å². The van der Waals surface area contributed by atoms with Crippen molar-refractivity contribution in [3.05, 3.63) is 133 Å². The lowest BCUT2D eigenvalue weighted by Crippen LogP contribution is -2.00. The highest BCUT2D eigenvalue weighted by Gasteiger charge is 2.13. The maximum atomic E-state index is 5.01. The van der Waals surface area contributed by atoms with Gasteiger partial charge < -0.3 is 0 Å². The summed E-state index contributed by atoms with van der Waals surface area (Å²) in [6.07, 6.45) is 0. The van der Waals surface area contributed by atoms with Crippen LogP contribution < -0.4 is 0 Å². The Morgan fingerprint density at radius 2 is 0.927 bits per heavy atom. The van der Waals surface area contributed by atoms with Gasteiger partial charge in [-0.3, -0.25) is 0 Å². The summed E-state index contributed by atoms with van der Waals surface area (Å²) in [7, 11) is 0. The van der Waals surface area contributed by atoms with Crippen molar-refractivity contribution in [2.75, 3.05) is 0 Å². The Morgan fingerprint density at radius 3 is 1.59 bits per heavy atom. The van der Waals surface area contributed by atoms with E-state index in [4.69, 9.17) is 19.9 Å². The maximum Gasteiger partial charge on any atom is 0.164 e. The highest BCUT2D eigenvalue weighted by atomic mass is 32.1. The minimum absolute atomic E-state index is 0.652. The van der Waals surface area contributed by atoms with Gasteiger partial charge in [0.05, 0.1) is 15.7 Å². The van der Waals surface area contributed by atoms with E-state index in [9.17, 15) is 0 Å². The fourth-order valence-electron chi connectivity index (χ4n) is 5.23. The van der Waals surface area contributed by atoms with E-state index in [-0.39, 0.29) is 0 Å². The van der Waals surface area contributed by atoms with Crippen molar-refractivity contribution in [3.63, 3.8) is 0 Å². The van der Waals surface area contributed by atoms with Gasteiger partial charge in [0.25, 0.3) is 0 Å². The van der Waals surface area contributed by atoms with Crippen LogP contribution in [0.15, 0.2) is 133 Å². The molecule has 5 heteroatoms. The van der Waals surface area contributed by atoms with E-state index in [2.05, 4.69) is 72.8 Å². The predicted octanol–water partition coefficient (Wildman–Crippen LogP) is 9.46. The Morgan fingerprint density at radius 1 is 0.390 bits per heavy atom. The molecule has 0 saturated heterocycles. The van der Waals surface area contributed by atoms with E-state index in [0.29, 0.717) is 17.5 Å². The molecular formula is C36H22N4S. The standard InChI is InChI=1S/C36H22N4S/c1-3-9-24(10-4-1)34-38-35(25-11-5-2-6-12-25)40-36(39-34)26-17-15-23(16-18-26)27-19-20-30-28(21-27)22-32-33(37-30)29-13-7-8-14-31(29)41-32/h1-22H. The molecule has 0 radical (unpaired) electrons. The van der Waals surface area contributed by atoms with Gasteiger partial charge >= 0.3 is 0 Å². The van der Waals surface area contributed by atoms with Crippen molar-refractivity contribution in [2.24, 2.45) is 0 Å². The lowest BCUT2D eigenvalue weighted by molar-refractivity contribution is 1.07. The molecule has 3 aromatic heterocycles. The zero-order valence-corrected chi connectivity index (χ0v) is 22.7. The Labute approximate surface area is 240 Å². The molecule has 0 aliphatic heterocycles. The summed E-state index contributed by atoms with van der Waals surface area (Å²) in [5, 5.41) is 2.36. The Bertz CT molecular complexity index is 2130. The van der Waals surface area contributed by atoms with Gasteiger partial charge in [-0.25, -0.2) is 19.9 Å². The molecule has 8 rings (SSSR count). The molecule has 41 heavy (non-hydrogen) atoms. The summed E-state index contributed by atoms with van der Waals surface area (Å²) in [6.45, 7) is 0. The molecule has 0 N–H and O–H groups in total. The van der Waals surface area contributed by atoms with Crippen LogP contribution in [0.2, 0.25) is 0 Å². The topological polar surface area (TPSA) is 51.6 Å². The van der Waals surface area contributed by atoms with Gasteiger partial charge in [0.1, 0.15) is 0 Å². The highest BCUT2D eigenvalue weighted by molar-refractivity contribution is 7.25. The van der Waals surface area contributed by atoms with Crippen molar-refractivity contribution in [2.45, 2.75) is 0 Å². The van der Waals surface area contributed by atoms with Gasteiger partial charge in [-0.05, 0) is 35.4 Å². The summed E-state index contributed by atoms with van der Waals surface area (Å²) in [5.74, 6) is 1.97. The van der Waals surface area contributed by atoms with Crippen LogP contribution in [0, 0.1) is 0 Å². The third kappa shape index (κ3) is 4.33. The molecule has 8 aromatic rings. The molecule has 0 fully saturated rings. The number of thiophene rings is 1. The van der Waals surface area contributed by atoms with Crippen LogP contribution in [0.1, 0.15) is 0 Å². The quantitative estimate of drug-likeness (QED) is 0.222. The molecule has 3 heterocycles. The fourth-order valence-corrected chi connectivity index (χ4v) is 6.32. The van der Waals surface area contributed by atoms with Gasteiger partial charge in [0.15, 0.2) is 17.5 Å². The zero-order valence-electron chi connectivity index (χ0n) is 21.9. The summed E-state index contributed by atoms with van der Waals surface area (Å²) in [4.78, 5) is 19.5. The molecule has 0 spiro atoms. The van der Waals surface area contributed by atoms with Gasteiger partial charge in [-0.1, -0.05) is 109 Å². The summed E-state index contributed by atoms with van der Waals surface area (Å²) in [5.41, 5.74) is 7.24. The largest absolute Gasteiger partial charge is 0.246 e. The van der Waals surface area contributed by atoms with Gasteiger partial charge in [-0.15, -0.1) is 11.3 Å². The van der Waals surface area contributed by atoms with E-state index < -0.39 is 0 Å². The van der Waals surface area contributed by atoms with Crippen LogP contribution >= 0.6 is 11.3 Å². The first-order valence-electron chi connectivity index (χ1n) is 13.5. The van der Waals surface area contributed by atoms with Crippen LogP contribution in [0.25, 0.3) is 76.5 Å². The summed E-state index contributed by atoms with van der Waals surface area (Å²) >= 11 is 1.80. The van der Waals surface area contributed by atoms with E-state index >= 15 is 0 Å². The number of hydrogen-bond acceptors (Lipinski definition) is 5. The Hall–Kier alpha value is -5.26. The lowest BCUT2D eigenvalue weighted by atomic mass is 10.0. The van der Waals surface area contributed by atoms with Gasteiger partial charge in [0.2, 0.25) is 0 Å². The average molecular weight is 543 g/mol. The molecule has 0 aliphatic carbocycles. The molecule has 0 saturated carbocycles. The summed E-state index contributed by atoms with van der Waals surface area (Å²) in [6, 6.07) is 45.8. The second-order valence-corrected chi connectivity index (χ2v) is 11.0. The van der Waals surface area contributed by atoms with Crippen LogP contribution in [-0.2, 0) is 0 Å². The molecule has 0 amide bonds. The molecule has 0 unspecified atom stereocenters. The van der Waals surface area contributed by atoms with Crippen LogP contribution in [0.4, 0.5) is 0 Å². The van der Waals surface area contributed by atoms with E-state index in [0.717, 1.165) is 44.2 Å². The number of benzene rings is 5. The minimum Gasteiger partial charge on any atom is -0.246 e. The average Bonchev–Trinajstić information content (AvgIpc) is 3.41. The van der Waals surface area contributed by atoms with Crippen molar-refractivity contribution in [1.29, 1.82) is 0 Å². The number of fused-ring (bicyclic) bond motifs is 4. The van der Waals surface area contributed by atoms with E-state index in [1.54, 1.807) is 11.3 Å². The molecule has 0 bridgehead atoms. The maximum absolute atomic E-state index is 5.01. The number of hydrogen-bond donors (Lipinski definition) is 0. The van der Waals surface area contributed by atoms with Gasteiger partial charge in [0, 0.05) is 32.2 Å². The molecule has 5 aromatic carbocycles. The molecule has 0 atom stereocenters. The lowest BCUT2D eigenvalue weighted by Gasteiger charge is -2.09.